The van der Waals surface area contributed by atoms with Crippen molar-refractivity contribution in [3.8, 4) is 5.75 Å². The van der Waals surface area contributed by atoms with E-state index >= 15 is 0 Å². The van der Waals surface area contributed by atoms with Crippen molar-refractivity contribution in [1.29, 1.82) is 0 Å². The number of hydrogen-bond donors (Lipinski definition) is 0. The van der Waals surface area contributed by atoms with Crippen molar-refractivity contribution in [1.82, 2.24) is 19.8 Å². The number of ether oxygens (including phenoxy) is 1. The lowest BCUT2D eigenvalue weighted by Gasteiger charge is -2.32. The third kappa shape index (κ3) is 6.62. The van der Waals surface area contributed by atoms with Crippen LogP contribution in [-0.2, 0) is 12.2 Å². The van der Waals surface area contributed by atoms with Gasteiger partial charge in [-0.05, 0) is 51.1 Å². The standard InChI is InChI=1S/C22H30F2N4OS/c1-16-13-19(21(23)24)26-22(25-16)30-15-18-14-17(6-7-20(18)29-3)5-4-8-28-11-9-27(2)10-12-28/h6-7,13-14,21H,4-5,8-12,15H2,1-3H3. The summed E-state index contributed by atoms with van der Waals surface area (Å²) in [5.41, 5.74) is 2.62. The zero-order valence-electron chi connectivity index (χ0n) is 17.9. The van der Waals surface area contributed by atoms with Gasteiger partial charge in [-0.15, -0.1) is 0 Å². The summed E-state index contributed by atoms with van der Waals surface area (Å²) in [4.78, 5) is 13.2. The Morgan fingerprint density at radius 1 is 1.13 bits per heavy atom. The molecule has 1 aliphatic heterocycles. The molecule has 1 fully saturated rings. The summed E-state index contributed by atoms with van der Waals surface area (Å²) in [5, 5.41) is 0.368. The number of piperazine rings is 1. The van der Waals surface area contributed by atoms with E-state index in [4.69, 9.17) is 4.74 Å². The van der Waals surface area contributed by atoms with Crippen LogP contribution in [0.5, 0.6) is 5.75 Å². The summed E-state index contributed by atoms with van der Waals surface area (Å²) in [6.45, 7) is 7.36. The van der Waals surface area contributed by atoms with Gasteiger partial charge in [0.15, 0.2) is 5.16 Å². The quantitative estimate of drug-likeness (QED) is 0.433. The Bertz CT molecular complexity index is 829. The number of likely N-dealkylation sites (N-methyl/N-ethyl adjacent to an activating group) is 1. The second-order valence-corrected chi connectivity index (χ2v) is 8.64. The number of benzene rings is 1. The average molecular weight is 437 g/mol. The van der Waals surface area contributed by atoms with Gasteiger partial charge in [-0.2, -0.15) is 0 Å². The topological polar surface area (TPSA) is 41.5 Å². The minimum absolute atomic E-state index is 0.227. The lowest BCUT2D eigenvalue weighted by atomic mass is 10.1. The molecular formula is C22H30F2N4OS. The minimum atomic E-state index is -2.59. The molecule has 1 aromatic heterocycles. The van der Waals surface area contributed by atoms with Crippen molar-refractivity contribution in [2.75, 3.05) is 46.9 Å². The third-order valence-electron chi connectivity index (χ3n) is 5.31. The number of hydrogen-bond acceptors (Lipinski definition) is 6. The molecule has 0 N–H and O–H groups in total. The van der Waals surface area contributed by atoms with E-state index in [0.29, 0.717) is 16.6 Å². The maximum Gasteiger partial charge on any atom is 0.280 e. The Morgan fingerprint density at radius 3 is 2.60 bits per heavy atom. The van der Waals surface area contributed by atoms with Gasteiger partial charge in [0.25, 0.3) is 6.43 Å². The highest BCUT2D eigenvalue weighted by molar-refractivity contribution is 7.98. The summed E-state index contributed by atoms with van der Waals surface area (Å²) in [6, 6.07) is 7.58. The van der Waals surface area contributed by atoms with Crippen LogP contribution in [0.25, 0.3) is 0 Å². The van der Waals surface area contributed by atoms with Gasteiger partial charge in [-0.3, -0.25) is 0 Å². The van der Waals surface area contributed by atoms with Crippen LogP contribution in [0.2, 0.25) is 0 Å². The lowest BCUT2D eigenvalue weighted by molar-refractivity contribution is 0.145. The second-order valence-electron chi connectivity index (χ2n) is 7.70. The second kappa shape index (κ2) is 11.0. The molecule has 8 heteroatoms. The fourth-order valence-electron chi connectivity index (χ4n) is 3.56. The molecule has 30 heavy (non-hydrogen) atoms. The van der Waals surface area contributed by atoms with Gasteiger partial charge in [0.1, 0.15) is 11.4 Å². The van der Waals surface area contributed by atoms with Crippen LogP contribution < -0.4 is 4.74 Å². The van der Waals surface area contributed by atoms with Crippen molar-refractivity contribution in [2.45, 2.75) is 37.1 Å². The normalized spacial score (nSPS) is 15.7. The summed E-state index contributed by atoms with van der Waals surface area (Å²) in [6.07, 6.45) is -0.476. The van der Waals surface area contributed by atoms with Gasteiger partial charge < -0.3 is 14.5 Å². The average Bonchev–Trinajstić information content (AvgIpc) is 2.73. The summed E-state index contributed by atoms with van der Waals surface area (Å²) < 4.78 is 31.5. The van der Waals surface area contributed by atoms with Crippen LogP contribution in [0.1, 0.15) is 35.4 Å². The molecule has 2 heterocycles. The monoisotopic (exact) mass is 436 g/mol. The molecule has 0 radical (unpaired) electrons. The molecule has 0 bridgehead atoms. The van der Waals surface area contributed by atoms with E-state index in [9.17, 15) is 8.78 Å². The zero-order chi connectivity index (χ0) is 21.5. The molecule has 1 aliphatic rings. The highest BCUT2D eigenvalue weighted by atomic mass is 32.2. The molecule has 2 aromatic rings. The summed E-state index contributed by atoms with van der Waals surface area (Å²) in [7, 11) is 3.82. The number of alkyl halides is 2. The first-order valence-corrected chi connectivity index (χ1v) is 11.3. The number of nitrogens with zero attached hydrogens (tertiary/aromatic N) is 4. The minimum Gasteiger partial charge on any atom is -0.496 e. The van der Waals surface area contributed by atoms with Gasteiger partial charge in [-0.1, -0.05) is 23.9 Å². The van der Waals surface area contributed by atoms with Gasteiger partial charge in [0, 0.05) is 43.2 Å². The van der Waals surface area contributed by atoms with Crippen LogP contribution in [0, 0.1) is 6.92 Å². The molecule has 0 spiro atoms. The Morgan fingerprint density at radius 2 is 1.90 bits per heavy atom. The number of rotatable bonds is 9. The van der Waals surface area contributed by atoms with Crippen LogP contribution in [0.4, 0.5) is 8.78 Å². The zero-order valence-corrected chi connectivity index (χ0v) is 18.7. The molecule has 0 aliphatic carbocycles. The third-order valence-corrected chi connectivity index (χ3v) is 6.21. The molecule has 0 saturated carbocycles. The predicted molar refractivity (Wildman–Crippen MR) is 117 cm³/mol. The summed E-state index contributed by atoms with van der Waals surface area (Å²) in [5.74, 6) is 1.37. The number of aromatic nitrogens is 2. The van der Waals surface area contributed by atoms with Gasteiger partial charge in [-0.25, -0.2) is 18.7 Å². The largest absolute Gasteiger partial charge is 0.496 e. The molecule has 5 nitrogen and oxygen atoms in total. The molecule has 3 rings (SSSR count). The van der Waals surface area contributed by atoms with Crippen molar-refractivity contribution < 1.29 is 13.5 Å². The van der Waals surface area contributed by atoms with E-state index in [1.54, 1.807) is 14.0 Å². The van der Waals surface area contributed by atoms with Crippen LogP contribution in [0.3, 0.4) is 0 Å². The fraction of sp³-hybridized carbons (Fsp3) is 0.545. The number of halogens is 2. The van der Waals surface area contributed by atoms with Crippen LogP contribution in [-0.4, -0.2) is 66.6 Å². The SMILES string of the molecule is COc1ccc(CCCN2CCN(C)CC2)cc1CSc1nc(C)cc(C(F)F)n1. The van der Waals surface area contributed by atoms with E-state index in [2.05, 4.69) is 38.9 Å². The highest BCUT2D eigenvalue weighted by Gasteiger charge is 2.15. The molecule has 0 unspecified atom stereocenters. The molecule has 164 valence electrons. The first-order valence-electron chi connectivity index (χ1n) is 10.3. The highest BCUT2D eigenvalue weighted by Crippen LogP contribution is 2.29. The van der Waals surface area contributed by atoms with Crippen LogP contribution in [0.15, 0.2) is 29.4 Å². The van der Waals surface area contributed by atoms with Gasteiger partial charge in [0.2, 0.25) is 0 Å². The van der Waals surface area contributed by atoms with E-state index < -0.39 is 6.43 Å². The number of methoxy groups -OCH3 is 1. The predicted octanol–water partition coefficient (Wildman–Crippen LogP) is 4.20. The number of thioether (sulfide) groups is 1. The van der Waals surface area contributed by atoms with Gasteiger partial charge >= 0.3 is 0 Å². The Kier molecular flexibility index (Phi) is 8.41. The van der Waals surface area contributed by atoms with E-state index in [-0.39, 0.29) is 5.69 Å². The van der Waals surface area contributed by atoms with E-state index in [1.807, 2.05) is 6.07 Å². The van der Waals surface area contributed by atoms with Gasteiger partial charge in [0.05, 0.1) is 7.11 Å². The van der Waals surface area contributed by atoms with Crippen LogP contribution >= 0.6 is 11.8 Å². The van der Waals surface area contributed by atoms with E-state index in [0.717, 1.165) is 56.9 Å². The lowest BCUT2D eigenvalue weighted by Crippen LogP contribution is -2.44. The molecular weight excluding hydrogens is 406 g/mol. The Hall–Kier alpha value is -1.77. The van der Waals surface area contributed by atoms with Crippen molar-refractivity contribution in [3.63, 3.8) is 0 Å². The first-order chi connectivity index (χ1) is 14.4. The molecule has 0 amide bonds. The van der Waals surface area contributed by atoms with Crippen molar-refractivity contribution >= 4 is 11.8 Å². The van der Waals surface area contributed by atoms with Crippen molar-refractivity contribution in [2.24, 2.45) is 0 Å². The fourth-order valence-corrected chi connectivity index (χ4v) is 4.45. The van der Waals surface area contributed by atoms with Crippen molar-refractivity contribution in [3.05, 3.63) is 46.8 Å². The Balaban J connectivity index is 1.59. The maximum absolute atomic E-state index is 13.0. The molecule has 1 saturated heterocycles. The number of aryl methyl sites for hydroxylation is 2. The molecule has 1 aromatic carbocycles. The summed E-state index contributed by atoms with van der Waals surface area (Å²) >= 11 is 1.36. The van der Waals surface area contributed by atoms with E-state index in [1.165, 1.54) is 23.4 Å². The Labute approximate surface area is 181 Å². The smallest absolute Gasteiger partial charge is 0.280 e. The maximum atomic E-state index is 13.0. The molecule has 0 atom stereocenters. The first kappa shape index (κ1) is 22.9.